The predicted octanol–water partition coefficient (Wildman–Crippen LogP) is 0.529. The molecule has 0 rings (SSSR count). The van der Waals surface area contributed by atoms with Gasteiger partial charge in [-0.15, -0.1) is 0 Å². The number of amides is 1. The fraction of sp³-hybridized carbons (Fsp3) is 0.818. The Morgan fingerprint density at radius 3 is 2.12 bits per heavy atom. The van der Waals surface area contributed by atoms with Crippen LogP contribution in [0.25, 0.3) is 0 Å². The monoisotopic (exact) mass is 246 g/mol. The van der Waals surface area contributed by atoms with Crippen LogP contribution in [-0.2, 0) is 14.3 Å². The van der Waals surface area contributed by atoms with Crippen LogP contribution in [0.3, 0.4) is 0 Å². The van der Waals surface area contributed by atoms with E-state index in [1.807, 2.05) is 0 Å². The molecule has 0 saturated heterocycles. The summed E-state index contributed by atoms with van der Waals surface area (Å²) in [5.74, 6) is -1.63. The smallest absolute Gasteiger partial charge is 0.332 e. The van der Waals surface area contributed by atoms with E-state index in [0.29, 0.717) is 5.06 Å². The average Bonchev–Trinajstić information content (AvgIpc) is 2.12. The minimum Gasteiger partial charge on any atom is -0.458 e. The van der Waals surface area contributed by atoms with Crippen LogP contribution >= 0.6 is 0 Å². The highest BCUT2D eigenvalue weighted by molar-refractivity contribution is 5.84. The minimum atomic E-state index is -1.04. The first kappa shape index (κ1) is 15.9. The molecule has 0 fully saturated rings. The van der Waals surface area contributed by atoms with Gasteiger partial charge in [0.2, 0.25) is 0 Å². The normalized spacial score (nSPS) is 13.4. The number of nitrogens with two attached hydrogens (primary N) is 1. The molecule has 0 heterocycles. The Morgan fingerprint density at radius 2 is 1.82 bits per heavy atom. The summed E-state index contributed by atoms with van der Waals surface area (Å²) in [5.41, 5.74) is 4.47. The number of esters is 1. The zero-order valence-corrected chi connectivity index (χ0v) is 11.1. The zero-order chi connectivity index (χ0) is 13.8. The second-order valence-electron chi connectivity index (χ2n) is 5.16. The SMILES string of the molecule is CC(C)[C@@H](C(=O)OC(C)(C)C)N(O)C(=O)CN. The van der Waals surface area contributed by atoms with Crippen molar-refractivity contribution >= 4 is 11.9 Å². The number of hydroxylamine groups is 2. The quantitative estimate of drug-likeness (QED) is 0.429. The van der Waals surface area contributed by atoms with E-state index in [9.17, 15) is 14.8 Å². The number of carbonyl (C=O) groups excluding carboxylic acids is 2. The maximum atomic E-state index is 11.8. The predicted molar refractivity (Wildman–Crippen MR) is 62.2 cm³/mol. The lowest BCUT2D eigenvalue weighted by Gasteiger charge is -2.30. The number of ether oxygens (including phenoxy) is 1. The summed E-state index contributed by atoms with van der Waals surface area (Å²) >= 11 is 0. The van der Waals surface area contributed by atoms with E-state index in [1.165, 1.54) is 0 Å². The molecule has 0 aliphatic rings. The van der Waals surface area contributed by atoms with Crippen LogP contribution in [0.4, 0.5) is 0 Å². The first-order valence-electron chi connectivity index (χ1n) is 5.54. The summed E-state index contributed by atoms with van der Waals surface area (Å²) < 4.78 is 5.14. The fourth-order valence-electron chi connectivity index (χ4n) is 1.27. The van der Waals surface area contributed by atoms with Crippen LogP contribution in [0.1, 0.15) is 34.6 Å². The number of rotatable bonds is 4. The zero-order valence-electron chi connectivity index (χ0n) is 11.1. The molecule has 1 amide bonds. The Morgan fingerprint density at radius 1 is 1.35 bits per heavy atom. The van der Waals surface area contributed by atoms with Crippen molar-refractivity contribution in [3.63, 3.8) is 0 Å². The molecular formula is C11H22N2O4. The molecule has 100 valence electrons. The van der Waals surface area contributed by atoms with Crippen LogP contribution in [0.2, 0.25) is 0 Å². The van der Waals surface area contributed by atoms with Gasteiger partial charge < -0.3 is 10.5 Å². The topological polar surface area (TPSA) is 92.9 Å². The Labute approximate surface area is 102 Å². The fourth-order valence-corrected chi connectivity index (χ4v) is 1.27. The highest BCUT2D eigenvalue weighted by atomic mass is 16.6. The van der Waals surface area contributed by atoms with E-state index in [1.54, 1.807) is 34.6 Å². The Kier molecular flexibility index (Phi) is 5.57. The van der Waals surface area contributed by atoms with Gasteiger partial charge in [0.1, 0.15) is 5.60 Å². The Hall–Kier alpha value is -1.14. The van der Waals surface area contributed by atoms with Gasteiger partial charge in [0.15, 0.2) is 6.04 Å². The lowest BCUT2D eigenvalue weighted by molar-refractivity contribution is -0.196. The van der Waals surface area contributed by atoms with E-state index < -0.39 is 23.5 Å². The van der Waals surface area contributed by atoms with E-state index in [4.69, 9.17) is 10.5 Å². The molecule has 3 N–H and O–H groups in total. The number of hydrogen-bond acceptors (Lipinski definition) is 5. The van der Waals surface area contributed by atoms with Crippen molar-refractivity contribution in [2.45, 2.75) is 46.3 Å². The van der Waals surface area contributed by atoms with Gasteiger partial charge in [0.05, 0.1) is 6.54 Å². The van der Waals surface area contributed by atoms with Crippen LogP contribution in [0, 0.1) is 5.92 Å². The van der Waals surface area contributed by atoms with Crippen molar-refractivity contribution in [2.24, 2.45) is 11.7 Å². The largest absolute Gasteiger partial charge is 0.458 e. The first-order chi connectivity index (χ1) is 7.60. The highest BCUT2D eigenvalue weighted by Crippen LogP contribution is 2.16. The van der Waals surface area contributed by atoms with Gasteiger partial charge in [-0.05, 0) is 26.7 Å². The van der Waals surface area contributed by atoms with E-state index >= 15 is 0 Å². The van der Waals surface area contributed by atoms with Crippen molar-refractivity contribution in [2.75, 3.05) is 6.54 Å². The van der Waals surface area contributed by atoms with Crippen molar-refractivity contribution in [3.8, 4) is 0 Å². The van der Waals surface area contributed by atoms with E-state index in [0.717, 1.165) is 0 Å². The van der Waals surface area contributed by atoms with Crippen LogP contribution in [0.15, 0.2) is 0 Å². The number of carbonyl (C=O) groups is 2. The Bertz CT molecular complexity index is 284. The third-order valence-electron chi connectivity index (χ3n) is 1.97. The number of hydrogen-bond donors (Lipinski definition) is 2. The molecule has 6 heteroatoms. The van der Waals surface area contributed by atoms with Gasteiger partial charge in [0.25, 0.3) is 5.91 Å². The highest BCUT2D eigenvalue weighted by Gasteiger charge is 2.34. The maximum absolute atomic E-state index is 11.8. The van der Waals surface area contributed by atoms with Crippen molar-refractivity contribution in [1.29, 1.82) is 0 Å². The molecule has 0 radical (unpaired) electrons. The van der Waals surface area contributed by atoms with Crippen molar-refractivity contribution < 1.29 is 19.5 Å². The first-order valence-corrected chi connectivity index (χ1v) is 5.54. The third-order valence-corrected chi connectivity index (χ3v) is 1.97. The molecule has 0 aromatic heterocycles. The van der Waals surface area contributed by atoms with Crippen LogP contribution in [-0.4, -0.2) is 40.3 Å². The summed E-state index contributed by atoms with van der Waals surface area (Å²) in [5, 5.41) is 9.98. The molecule has 0 spiro atoms. The standard InChI is InChI=1S/C11H22N2O4/c1-7(2)9(13(16)8(14)6-12)10(15)17-11(3,4)5/h7,9,16H,6,12H2,1-5H3/t9-/m0/s1. The van der Waals surface area contributed by atoms with E-state index in [-0.39, 0.29) is 12.5 Å². The summed E-state index contributed by atoms with van der Waals surface area (Å²) in [6.07, 6.45) is 0. The van der Waals surface area contributed by atoms with Crippen molar-refractivity contribution in [3.05, 3.63) is 0 Å². The van der Waals surface area contributed by atoms with Crippen LogP contribution < -0.4 is 5.73 Å². The maximum Gasteiger partial charge on any atom is 0.332 e. The summed E-state index contributed by atoms with van der Waals surface area (Å²) in [7, 11) is 0. The summed E-state index contributed by atoms with van der Waals surface area (Å²) in [6.45, 7) is 8.21. The van der Waals surface area contributed by atoms with Gasteiger partial charge in [-0.1, -0.05) is 13.8 Å². The third kappa shape index (κ3) is 5.14. The molecule has 0 aromatic rings. The number of nitrogens with zero attached hydrogens (tertiary/aromatic N) is 1. The second-order valence-corrected chi connectivity index (χ2v) is 5.16. The molecule has 1 atom stereocenters. The second kappa shape index (κ2) is 5.97. The average molecular weight is 246 g/mol. The van der Waals surface area contributed by atoms with Crippen molar-refractivity contribution in [1.82, 2.24) is 5.06 Å². The van der Waals surface area contributed by atoms with Gasteiger partial charge in [-0.3, -0.25) is 10.0 Å². The molecular weight excluding hydrogens is 224 g/mol. The molecule has 0 saturated carbocycles. The van der Waals surface area contributed by atoms with Crippen LogP contribution in [0.5, 0.6) is 0 Å². The minimum absolute atomic E-state index is 0.273. The molecule has 0 aromatic carbocycles. The molecule has 0 bridgehead atoms. The van der Waals surface area contributed by atoms with E-state index in [2.05, 4.69) is 0 Å². The van der Waals surface area contributed by atoms with Gasteiger partial charge in [-0.25, -0.2) is 9.86 Å². The lowest BCUT2D eigenvalue weighted by atomic mass is 10.0. The Balaban J connectivity index is 4.86. The lowest BCUT2D eigenvalue weighted by Crippen LogP contribution is -2.50. The molecule has 0 aliphatic heterocycles. The molecule has 6 nitrogen and oxygen atoms in total. The summed E-state index contributed by atoms with van der Waals surface area (Å²) in [6, 6.07) is -1.04. The molecule has 17 heavy (non-hydrogen) atoms. The van der Waals surface area contributed by atoms with Gasteiger partial charge in [-0.2, -0.15) is 0 Å². The summed E-state index contributed by atoms with van der Waals surface area (Å²) in [4.78, 5) is 23.1. The van der Waals surface area contributed by atoms with Gasteiger partial charge >= 0.3 is 5.97 Å². The van der Waals surface area contributed by atoms with Gasteiger partial charge in [0, 0.05) is 0 Å². The molecule has 0 unspecified atom stereocenters. The molecule has 0 aliphatic carbocycles.